The van der Waals surface area contributed by atoms with Gasteiger partial charge >= 0.3 is 0 Å². The minimum absolute atomic E-state index is 0.0419. The lowest BCUT2D eigenvalue weighted by atomic mass is 10.1. The molecule has 0 N–H and O–H groups in total. The third-order valence-corrected chi connectivity index (χ3v) is 4.35. The molecule has 1 fully saturated rings. The van der Waals surface area contributed by atoms with Gasteiger partial charge in [0, 0.05) is 19.9 Å². The molecule has 1 atom stereocenters. The summed E-state index contributed by atoms with van der Waals surface area (Å²) in [6, 6.07) is 3.80. The van der Waals surface area contributed by atoms with E-state index in [2.05, 4.69) is 10.5 Å². The molecule has 3 rings (SSSR count). The summed E-state index contributed by atoms with van der Waals surface area (Å²) in [5, 5.41) is 8.41. The van der Waals surface area contributed by atoms with Gasteiger partial charge < -0.3 is 14.4 Å². The molecule has 0 aromatic carbocycles. The van der Waals surface area contributed by atoms with Crippen LogP contribution in [0, 0.1) is 0 Å². The van der Waals surface area contributed by atoms with Crippen LogP contribution in [0.3, 0.4) is 0 Å². The first-order valence-corrected chi connectivity index (χ1v) is 8.17. The van der Waals surface area contributed by atoms with Crippen molar-refractivity contribution in [1.82, 2.24) is 14.7 Å². The van der Waals surface area contributed by atoms with Crippen molar-refractivity contribution in [3.05, 3.63) is 40.3 Å². The van der Waals surface area contributed by atoms with Crippen LogP contribution in [0.4, 0.5) is 0 Å². The van der Waals surface area contributed by atoms with E-state index >= 15 is 0 Å². The molecular formula is C15H19N3O3S. The van der Waals surface area contributed by atoms with Crippen LogP contribution in [0.25, 0.3) is 0 Å². The average Bonchev–Trinajstić information content (AvgIpc) is 3.24. The zero-order valence-electron chi connectivity index (χ0n) is 12.5. The summed E-state index contributed by atoms with van der Waals surface area (Å²) in [6.45, 7) is 2.94. The first kappa shape index (κ1) is 15.2. The van der Waals surface area contributed by atoms with E-state index in [1.165, 1.54) is 0 Å². The van der Waals surface area contributed by atoms with E-state index in [1.807, 2.05) is 22.5 Å². The van der Waals surface area contributed by atoms with E-state index in [1.54, 1.807) is 29.2 Å². The van der Waals surface area contributed by atoms with E-state index in [4.69, 9.17) is 9.47 Å². The van der Waals surface area contributed by atoms with Crippen LogP contribution in [-0.4, -0.2) is 54.0 Å². The second-order valence-corrected chi connectivity index (χ2v) is 5.90. The van der Waals surface area contributed by atoms with Crippen molar-refractivity contribution in [1.29, 1.82) is 0 Å². The number of carbonyl (C=O) groups is 1. The van der Waals surface area contributed by atoms with Crippen molar-refractivity contribution in [2.45, 2.75) is 12.6 Å². The number of thiophene rings is 1. The van der Waals surface area contributed by atoms with Crippen molar-refractivity contribution in [2.24, 2.45) is 0 Å². The predicted octanol–water partition coefficient (Wildman–Crippen LogP) is 1.80. The third kappa shape index (κ3) is 3.37. The molecule has 1 aliphatic heterocycles. The number of morpholine rings is 1. The number of methoxy groups -OCH3 is 1. The van der Waals surface area contributed by atoms with Crippen molar-refractivity contribution in [3.63, 3.8) is 0 Å². The normalized spacial score (nSPS) is 18.6. The van der Waals surface area contributed by atoms with Crippen LogP contribution in [0.15, 0.2) is 29.1 Å². The maximum atomic E-state index is 12.6. The van der Waals surface area contributed by atoms with Gasteiger partial charge in [-0.15, -0.1) is 0 Å². The Morgan fingerprint density at radius 2 is 2.45 bits per heavy atom. The molecule has 0 aliphatic carbocycles. The SMILES string of the molecule is COCCn1ccc(C(=O)N2CCO[C@@H](c3ccsc3)C2)n1. The number of amides is 1. The summed E-state index contributed by atoms with van der Waals surface area (Å²) in [5.41, 5.74) is 1.61. The monoisotopic (exact) mass is 321 g/mol. The molecule has 1 aliphatic rings. The second kappa shape index (κ2) is 7.04. The molecule has 2 aromatic rings. The highest BCUT2D eigenvalue weighted by atomic mass is 32.1. The van der Waals surface area contributed by atoms with Crippen LogP contribution in [0.2, 0.25) is 0 Å². The summed E-state index contributed by atoms with van der Waals surface area (Å²) in [4.78, 5) is 14.4. The first-order valence-electron chi connectivity index (χ1n) is 7.23. The van der Waals surface area contributed by atoms with Gasteiger partial charge in [0.2, 0.25) is 0 Å². The fourth-order valence-corrected chi connectivity index (χ4v) is 3.14. The Morgan fingerprint density at radius 1 is 1.55 bits per heavy atom. The Labute approximate surface area is 133 Å². The smallest absolute Gasteiger partial charge is 0.274 e. The molecular weight excluding hydrogens is 302 g/mol. The topological polar surface area (TPSA) is 56.6 Å². The van der Waals surface area contributed by atoms with Crippen LogP contribution < -0.4 is 0 Å². The van der Waals surface area contributed by atoms with Gasteiger partial charge in [0.1, 0.15) is 11.8 Å². The van der Waals surface area contributed by atoms with E-state index in [0.717, 1.165) is 5.56 Å². The molecule has 0 spiro atoms. The number of hydrogen-bond acceptors (Lipinski definition) is 5. The summed E-state index contributed by atoms with van der Waals surface area (Å²) in [7, 11) is 1.65. The molecule has 7 heteroatoms. The first-order chi connectivity index (χ1) is 10.8. The van der Waals surface area contributed by atoms with Crippen LogP contribution in [-0.2, 0) is 16.0 Å². The van der Waals surface area contributed by atoms with Crippen molar-refractivity contribution in [2.75, 3.05) is 33.4 Å². The van der Waals surface area contributed by atoms with Gasteiger partial charge in [-0.25, -0.2) is 0 Å². The van der Waals surface area contributed by atoms with Gasteiger partial charge in [0.25, 0.3) is 5.91 Å². The highest BCUT2D eigenvalue weighted by molar-refractivity contribution is 7.07. The number of ether oxygens (including phenoxy) is 2. The lowest BCUT2D eigenvalue weighted by molar-refractivity contribution is -0.0228. The van der Waals surface area contributed by atoms with E-state index in [-0.39, 0.29) is 12.0 Å². The standard InChI is InChI=1S/C15H19N3O3S/c1-20-7-6-18-4-2-13(16-18)15(19)17-5-8-21-14(10-17)12-3-9-22-11-12/h2-4,9,11,14H,5-8,10H2,1H3/t14-/m1/s1. The maximum absolute atomic E-state index is 12.6. The number of carbonyl (C=O) groups excluding carboxylic acids is 1. The largest absolute Gasteiger partial charge is 0.383 e. The molecule has 0 unspecified atom stereocenters. The molecule has 3 heterocycles. The Morgan fingerprint density at radius 3 is 3.23 bits per heavy atom. The zero-order valence-corrected chi connectivity index (χ0v) is 13.3. The minimum Gasteiger partial charge on any atom is -0.383 e. The van der Waals surface area contributed by atoms with Crippen molar-refractivity contribution >= 4 is 17.2 Å². The Balaban J connectivity index is 1.65. The molecule has 6 nitrogen and oxygen atoms in total. The van der Waals surface area contributed by atoms with Gasteiger partial charge in [-0.3, -0.25) is 9.48 Å². The lowest BCUT2D eigenvalue weighted by Crippen LogP contribution is -2.42. The van der Waals surface area contributed by atoms with Crippen LogP contribution in [0.5, 0.6) is 0 Å². The number of nitrogens with zero attached hydrogens (tertiary/aromatic N) is 3. The fraction of sp³-hybridized carbons (Fsp3) is 0.467. The van der Waals surface area contributed by atoms with Crippen LogP contribution >= 0.6 is 11.3 Å². The molecule has 22 heavy (non-hydrogen) atoms. The third-order valence-electron chi connectivity index (χ3n) is 3.65. The average molecular weight is 321 g/mol. The van der Waals surface area contributed by atoms with Crippen molar-refractivity contribution in [3.8, 4) is 0 Å². The summed E-state index contributed by atoms with van der Waals surface area (Å²) < 4.78 is 12.5. The predicted molar refractivity (Wildman–Crippen MR) is 83.0 cm³/mol. The number of rotatable bonds is 5. The summed E-state index contributed by atoms with van der Waals surface area (Å²) in [5.74, 6) is -0.0419. The van der Waals surface area contributed by atoms with Gasteiger partial charge in [0.05, 0.1) is 26.3 Å². The lowest BCUT2D eigenvalue weighted by Gasteiger charge is -2.32. The van der Waals surface area contributed by atoms with Crippen LogP contribution in [0.1, 0.15) is 22.2 Å². The van der Waals surface area contributed by atoms with Gasteiger partial charge in [-0.1, -0.05) is 0 Å². The highest BCUT2D eigenvalue weighted by Gasteiger charge is 2.27. The highest BCUT2D eigenvalue weighted by Crippen LogP contribution is 2.24. The quantitative estimate of drug-likeness (QED) is 0.843. The van der Waals surface area contributed by atoms with E-state index < -0.39 is 0 Å². The van der Waals surface area contributed by atoms with Crippen molar-refractivity contribution < 1.29 is 14.3 Å². The fourth-order valence-electron chi connectivity index (χ4n) is 2.44. The Kier molecular flexibility index (Phi) is 4.87. The molecule has 1 saturated heterocycles. The van der Waals surface area contributed by atoms with E-state index in [0.29, 0.717) is 38.5 Å². The zero-order chi connectivity index (χ0) is 15.4. The maximum Gasteiger partial charge on any atom is 0.274 e. The minimum atomic E-state index is -0.0421. The van der Waals surface area contributed by atoms with E-state index in [9.17, 15) is 4.79 Å². The molecule has 2 aromatic heterocycles. The molecule has 0 radical (unpaired) electrons. The molecule has 0 saturated carbocycles. The van der Waals surface area contributed by atoms with Gasteiger partial charge in [-0.05, 0) is 28.5 Å². The van der Waals surface area contributed by atoms with Gasteiger partial charge in [0.15, 0.2) is 0 Å². The van der Waals surface area contributed by atoms with Gasteiger partial charge in [-0.2, -0.15) is 16.4 Å². The second-order valence-electron chi connectivity index (χ2n) is 5.12. The number of aromatic nitrogens is 2. The molecule has 1 amide bonds. The molecule has 0 bridgehead atoms. The Bertz CT molecular complexity index is 611. The Hall–Kier alpha value is -1.70. The molecule has 118 valence electrons. The summed E-state index contributed by atoms with van der Waals surface area (Å²) in [6.07, 6.45) is 1.77. The number of hydrogen-bond donors (Lipinski definition) is 0. The summed E-state index contributed by atoms with van der Waals surface area (Å²) >= 11 is 1.64.